The summed E-state index contributed by atoms with van der Waals surface area (Å²) >= 11 is 1.39. The van der Waals surface area contributed by atoms with Crippen LogP contribution in [0, 0.1) is 0 Å². The van der Waals surface area contributed by atoms with Gasteiger partial charge in [-0.2, -0.15) is 0 Å². The summed E-state index contributed by atoms with van der Waals surface area (Å²) in [6, 6.07) is 17.6. The van der Waals surface area contributed by atoms with E-state index in [2.05, 4.69) is 86.4 Å². The third kappa shape index (κ3) is 8.82. The van der Waals surface area contributed by atoms with Crippen LogP contribution in [0.25, 0.3) is 22.5 Å². The third-order valence-corrected chi connectivity index (χ3v) is 9.09. The lowest BCUT2D eigenvalue weighted by atomic mass is 9.86. The highest BCUT2D eigenvalue weighted by atomic mass is 32.1. The molecule has 238 valence electrons. The number of aromatic nitrogens is 2. The van der Waals surface area contributed by atoms with Crippen molar-refractivity contribution in [2.24, 2.45) is 5.73 Å². The number of carboxylic acids is 1. The van der Waals surface area contributed by atoms with E-state index in [4.69, 9.17) is 5.73 Å². The van der Waals surface area contributed by atoms with E-state index in [1.807, 2.05) is 42.7 Å². The van der Waals surface area contributed by atoms with Gasteiger partial charge in [0.05, 0.1) is 10.9 Å². The molecule has 1 amide bonds. The first-order valence-corrected chi connectivity index (χ1v) is 15.8. The molecule has 45 heavy (non-hydrogen) atoms. The number of rotatable bonds is 11. The smallest absolute Gasteiger partial charge is 0.322 e. The summed E-state index contributed by atoms with van der Waals surface area (Å²) < 4.78 is 0. The number of thiophene rings is 1. The van der Waals surface area contributed by atoms with Gasteiger partial charge >= 0.3 is 5.97 Å². The van der Waals surface area contributed by atoms with Gasteiger partial charge in [-0.05, 0) is 46.1 Å². The normalized spacial score (nSPS) is 14.0. The minimum atomic E-state index is -1.37. The fourth-order valence-corrected chi connectivity index (χ4v) is 5.71. The molecule has 0 aliphatic heterocycles. The zero-order chi connectivity index (χ0) is 32.9. The standard InChI is InChI=1S/C35H43N5O4S/c1-34(2,3)25-13-11-22(12-14-25)24-19-37-30(38-20-24)23-9-7-21(8-10-23)17-26(31(41)40-27(18-36)33(43)44)39-32(42)28-15-16-29(45-28)35(4,5)6/h7-16,19-20,26-27,31,40-41H,17-18,36H2,1-6H3,(H,39,42)(H,43,44)/t26-,27?,31?/m0/s1. The first kappa shape index (κ1) is 33.9. The van der Waals surface area contributed by atoms with Crippen molar-refractivity contribution in [3.63, 3.8) is 0 Å². The molecule has 2 unspecified atom stereocenters. The van der Waals surface area contributed by atoms with E-state index in [1.54, 1.807) is 6.07 Å². The van der Waals surface area contributed by atoms with Crippen LogP contribution in [0.15, 0.2) is 73.1 Å². The number of carbonyl (C=O) groups excluding carboxylic acids is 1. The maximum absolute atomic E-state index is 13.2. The van der Waals surface area contributed by atoms with Gasteiger partial charge in [0, 0.05) is 34.9 Å². The molecule has 2 aromatic carbocycles. The molecule has 6 N–H and O–H groups in total. The van der Waals surface area contributed by atoms with Gasteiger partial charge in [-0.15, -0.1) is 11.3 Å². The monoisotopic (exact) mass is 629 g/mol. The van der Waals surface area contributed by atoms with Gasteiger partial charge in [0.2, 0.25) is 0 Å². The molecule has 0 saturated carbocycles. The summed E-state index contributed by atoms with van der Waals surface area (Å²) in [5.41, 5.74) is 10.4. The number of aliphatic carboxylic acids is 1. The topological polar surface area (TPSA) is 150 Å². The number of hydrogen-bond acceptors (Lipinski definition) is 8. The molecular formula is C35H43N5O4S. The zero-order valence-electron chi connectivity index (χ0n) is 26.7. The molecule has 0 aliphatic rings. The number of carbonyl (C=O) groups is 2. The van der Waals surface area contributed by atoms with Crippen LogP contribution in [0.2, 0.25) is 0 Å². The van der Waals surface area contributed by atoms with Gasteiger partial charge < -0.3 is 21.3 Å². The number of aliphatic hydroxyl groups excluding tert-OH is 1. The lowest BCUT2D eigenvalue weighted by Crippen LogP contribution is -2.57. The number of nitrogens with two attached hydrogens (primary N) is 1. The summed E-state index contributed by atoms with van der Waals surface area (Å²) in [4.78, 5) is 35.5. The number of nitrogens with zero attached hydrogens (tertiary/aromatic N) is 2. The van der Waals surface area contributed by atoms with Crippen molar-refractivity contribution >= 4 is 23.2 Å². The Bertz CT molecular complexity index is 1590. The molecule has 2 heterocycles. The summed E-state index contributed by atoms with van der Waals surface area (Å²) in [6.45, 7) is 12.6. The van der Waals surface area contributed by atoms with Crippen LogP contribution < -0.4 is 16.4 Å². The highest BCUT2D eigenvalue weighted by Gasteiger charge is 2.28. The van der Waals surface area contributed by atoms with E-state index in [0.29, 0.717) is 10.7 Å². The molecule has 9 nitrogen and oxygen atoms in total. The Morgan fingerprint density at radius 1 is 0.844 bits per heavy atom. The number of aliphatic hydroxyl groups is 1. The van der Waals surface area contributed by atoms with Gasteiger partial charge in [-0.25, -0.2) is 9.97 Å². The molecular weight excluding hydrogens is 586 g/mol. The van der Waals surface area contributed by atoms with Crippen molar-refractivity contribution in [2.45, 2.75) is 77.1 Å². The Hall–Kier alpha value is -3.96. The summed E-state index contributed by atoms with van der Waals surface area (Å²) in [5, 5.41) is 26.0. The van der Waals surface area contributed by atoms with Crippen molar-refractivity contribution in [3.8, 4) is 22.5 Å². The molecule has 4 aromatic rings. The molecule has 10 heteroatoms. The minimum absolute atomic E-state index is 0.0802. The van der Waals surface area contributed by atoms with Crippen molar-refractivity contribution < 1.29 is 19.8 Å². The van der Waals surface area contributed by atoms with Gasteiger partial charge in [0.1, 0.15) is 12.3 Å². The average molecular weight is 630 g/mol. The maximum atomic E-state index is 13.2. The zero-order valence-corrected chi connectivity index (χ0v) is 27.5. The Labute approximate surface area is 269 Å². The summed E-state index contributed by atoms with van der Waals surface area (Å²) in [5.74, 6) is -0.964. The molecule has 0 bridgehead atoms. The van der Waals surface area contributed by atoms with Gasteiger partial charge in [-0.1, -0.05) is 90.1 Å². The Morgan fingerprint density at radius 3 is 1.96 bits per heavy atom. The van der Waals surface area contributed by atoms with E-state index >= 15 is 0 Å². The number of hydrogen-bond donors (Lipinski definition) is 5. The maximum Gasteiger partial charge on any atom is 0.322 e. The van der Waals surface area contributed by atoms with Crippen LogP contribution in [0.5, 0.6) is 0 Å². The number of nitrogens with one attached hydrogen (secondary N) is 2. The van der Waals surface area contributed by atoms with Crippen LogP contribution >= 0.6 is 11.3 Å². The van der Waals surface area contributed by atoms with Gasteiger partial charge in [0.15, 0.2) is 5.82 Å². The van der Waals surface area contributed by atoms with E-state index in [1.165, 1.54) is 16.9 Å². The molecule has 0 saturated heterocycles. The lowest BCUT2D eigenvalue weighted by molar-refractivity contribution is -0.140. The fraction of sp³-hybridized carbons (Fsp3) is 0.371. The predicted octanol–water partition coefficient (Wildman–Crippen LogP) is 5.13. The number of amides is 1. The summed E-state index contributed by atoms with van der Waals surface area (Å²) in [7, 11) is 0. The fourth-order valence-electron chi connectivity index (χ4n) is 4.74. The number of benzene rings is 2. The van der Waals surface area contributed by atoms with Crippen LogP contribution in [0.4, 0.5) is 0 Å². The van der Waals surface area contributed by atoms with Gasteiger partial charge in [0.25, 0.3) is 5.91 Å². The molecule has 3 atom stereocenters. The molecule has 0 aliphatic carbocycles. The van der Waals surface area contributed by atoms with Crippen LogP contribution in [-0.4, -0.2) is 56.9 Å². The SMILES string of the molecule is CC(C)(C)c1ccc(-c2cnc(-c3ccc(C[C@H](NC(=O)c4ccc(C(C)(C)C)s4)C(O)NC(CN)C(=O)O)cc3)nc2)cc1. The first-order chi connectivity index (χ1) is 21.2. The Morgan fingerprint density at radius 2 is 1.44 bits per heavy atom. The van der Waals surface area contributed by atoms with Crippen molar-refractivity contribution in [3.05, 3.63) is 93.9 Å². The van der Waals surface area contributed by atoms with E-state index in [9.17, 15) is 19.8 Å². The van der Waals surface area contributed by atoms with Gasteiger partial charge in [-0.3, -0.25) is 14.9 Å². The third-order valence-electron chi connectivity index (χ3n) is 7.58. The second-order valence-electron chi connectivity index (χ2n) is 13.3. The summed E-state index contributed by atoms with van der Waals surface area (Å²) in [6.07, 6.45) is 2.48. The van der Waals surface area contributed by atoms with Crippen LogP contribution in [0.3, 0.4) is 0 Å². The van der Waals surface area contributed by atoms with Crippen LogP contribution in [-0.2, 0) is 22.0 Å². The van der Waals surface area contributed by atoms with E-state index in [0.717, 1.165) is 27.1 Å². The lowest BCUT2D eigenvalue weighted by Gasteiger charge is -2.27. The van der Waals surface area contributed by atoms with E-state index < -0.39 is 24.3 Å². The van der Waals surface area contributed by atoms with Crippen LogP contribution in [0.1, 0.15) is 67.2 Å². The quantitative estimate of drug-likeness (QED) is 0.143. The Kier molecular flexibility index (Phi) is 10.5. The second-order valence-corrected chi connectivity index (χ2v) is 14.3. The molecule has 0 fully saturated rings. The first-order valence-electron chi connectivity index (χ1n) is 15.0. The van der Waals surface area contributed by atoms with Crippen molar-refractivity contribution in [1.29, 1.82) is 0 Å². The molecule has 0 spiro atoms. The number of carboxylic acid groups (broad SMARTS) is 1. The highest BCUT2D eigenvalue weighted by Crippen LogP contribution is 2.30. The van der Waals surface area contributed by atoms with E-state index in [-0.39, 0.29) is 29.7 Å². The molecule has 0 radical (unpaired) electrons. The predicted molar refractivity (Wildman–Crippen MR) is 179 cm³/mol. The molecule has 4 rings (SSSR count). The highest BCUT2D eigenvalue weighted by molar-refractivity contribution is 7.14. The van der Waals surface area contributed by atoms with Crippen molar-refractivity contribution in [1.82, 2.24) is 20.6 Å². The second kappa shape index (κ2) is 14.0. The minimum Gasteiger partial charge on any atom is -0.480 e. The molecule has 2 aromatic heterocycles. The Balaban J connectivity index is 1.49. The largest absolute Gasteiger partial charge is 0.480 e. The van der Waals surface area contributed by atoms with Crippen molar-refractivity contribution in [2.75, 3.05) is 6.54 Å². The average Bonchev–Trinajstić information content (AvgIpc) is 3.51.